The minimum absolute atomic E-state index is 0.0366. The van der Waals surface area contributed by atoms with Gasteiger partial charge in [-0.05, 0) is 74.3 Å². The Bertz CT molecular complexity index is 2370. The maximum absolute atomic E-state index is 14.0. The normalized spacial score (nSPS) is 21.0. The number of ketones is 1. The molecule has 2 aromatic carbocycles. The van der Waals surface area contributed by atoms with Crippen molar-refractivity contribution in [1.29, 1.82) is 0 Å². The molecular weight excluding hydrogens is 809 g/mol. The van der Waals surface area contributed by atoms with Crippen LogP contribution in [0.3, 0.4) is 0 Å². The predicted molar refractivity (Wildman–Crippen MR) is 206 cm³/mol. The van der Waals surface area contributed by atoms with Gasteiger partial charge in [-0.1, -0.05) is 19.9 Å². The van der Waals surface area contributed by atoms with Crippen LogP contribution in [0.4, 0.5) is 34.1 Å². The van der Waals surface area contributed by atoms with Gasteiger partial charge in [-0.25, -0.2) is 14.3 Å². The molecule has 1 unspecified atom stereocenters. The topological polar surface area (TPSA) is 250 Å². The number of nitrogens with two attached hydrogens (primary N) is 1. The monoisotopic (exact) mass is 850 g/mol. The number of piperidine rings is 1. The molecule has 4 aliphatic rings. The van der Waals surface area contributed by atoms with Gasteiger partial charge in [-0.15, -0.1) is 0 Å². The Labute approximate surface area is 345 Å². The van der Waals surface area contributed by atoms with E-state index in [4.69, 9.17) is 15.2 Å². The summed E-state index contributed by atoms with van der Waals surface area (Å²) in [5, 5.41) is 14.1. The number of carbonyl (C=O) groups excluding carboxylic acids is 8. The molecule has 7 amide bonds. The summed E-state index contributed by atoms with van der Waals surface area (Å²) in [6.45, 7) is 3.15. The third kappa shape index (κ3) is 8.76. The highest BCUT2D eigenvalue weighted by molar-refractivity contribution is 6.26. The van der Waals surface area contributed by atoms with Crippen molar-refractivity contribution in [2.45, 2.75) is 89.6 Å². The largest absolute Gasteiger partial charge is 0.447 e. The number of hydrogen-bond donors (Lipinski definition) is 5. The number of primary amides is 1. The zero-order valence-corrected chi connectivity index (χ0v) is 32.9. The molecule has 0 spiro atoms. The number of nitrogens with zero attached hydrogens (tertiary/aromatic N) is 3. The highest BCUT2D eigenvalue weighted by atomic mass is 19.4. The van der Waals surface area contributed by atoms with Crippen LogP contribution in [0.2, 0.25) is 0 Å². The fourth-order valence-electron chi connectivity index (χ4n) is 8.16. The van der Waals surface area contributed by atoms with E-state index >= 15 is 0 Å². The first kappa shape index (κ1) is 42.3. The molecule has 6 N–H and O–H groups in total. The average molecular weight is 851 g/mol. The summed E-state index contributed by atoms with van der Waals surface area (Å²) in [6, 6.07) is 7.04. The third-order valence-electron chi connectivity index (χ3n) is 10.9. The van der Waals surface area contributed by atoms with Crippen molar-refractivity contribution < 1.29 is 61.0 Å². The Balaban J connectivity index is 0.893. The molecule has 2 aliphatic carbocycles. The van der Waals surface area contributed by atoms with Crippen molar-refractivity contribution in [1.82, 2.24) is 25.3 Å². The third-order valence-corrected chi connectivity index (χ3v) is 10.9. The molecular formula is C40H41F3N8O10. The van der Waals surface area contributed by atoms with Crippen LogP contribution in [0.15, 0.2) is 36.4 Å². The summed E-state index contributed by atoms with van der Waals surface area (Å²) in [5.41, 5.74) is 3.81. The van der Waals surface area contributed by atoms with Crippen LogP contribution in [-0.4, -0.2) is 93.5 Å². The summed E-state index contributed by atoms with van der Waals surface area (Å²) in [5.74, 6) is -4.27. The van der Waals surface area contributed by atoms with Gasteiger partial charge < -0.3 is 25.8 Å². The Hall–Kier alpha value is -6.80. The first-order valence-corrected chi connectivity index (χ1v) is 19.5. The van der Waals surface area contributed by atoms with E-state index in [1.807, 2.05) is 0 Å². The molecule has 61 heavy (non-hydrogen) atoms. The van der Waals surface area contributed by atoms with E-state index in [1.165, 1.54) is 36.4 Å². The van der Waals surface area contributed by atoms with Gasteiger partial charge in [0.25, 0.3) is 17.7 Å². The minimum atomic E-state index is -4.87. The van der Waals surface area contributed by atoms with Gasteiger partial charge in [0.15, 0.2) is 11.5 Å². The van der Waals surface area contributed by atoms with Crippen LogP contribution in [0.25, 0.3) is 5.69 Å². The van der Waals surface area contributed by atoms with Crippen LogP contribution in [0.5, 0.6) is 0 Å². The summed E-state index contributed by atoms with van der Waals surface area (Å²) in [6.07, 6.45) is -5.32. The molecule has 1 saturated heterocycles. The molecule has 322 valence electrons. The van der Waals surface area contributed by atoms with Crippen LogP contribution in [0, 0.1) is 5.41 Å². The van der Waals surface area contributed by atoms with Gasteiger partial charge in [0.2, 0.25) is 11.8 Å². The number of carbonyl (C=O) groups is 8. The molecule has 1 atom stereocenters. The molecule has 1 aromatic heterocycles. The van der Waals surface area contributed by atoms with Gasteiger partial charge >= 0.3 is 18.4 Å². The van der Waals surface area contributed by atoms with Crippen molar-refractivity contribution in [3.8, 4) is 5.69 Å². The SMILES string of the molecule is CC1(C)CC(=O)c2c(C(F)(F)F)nn(-c3ccc(C(N)=O)c(NC4CCC(OC(=O)NCCOC(=O)Nc5cccc6c5C(=O)N(C5CCC(=O)NC5=O)C6=O)CC4)c3)c2C1. The van der Waals surface area contributed by atoms with Gasteiger partial charge in [0.1, 0.15) is 18.8 Å². The Morgan fingerprint density at radius 1 is 0.934 bits per heavy atom. The number of rotatable bonds is 10. The fraction of sp³-hybridized carbons (Fsp3) is 0.425. The Morgan fingerprint density at radius 2 is 1.67 bits per heavy atom. The van der Waals surface area contributed by atoms with Crippen molar-refractivity contribution in [3.05, 3.63) is 70.0 Å². The zero-order chi connectivity index (χ0) is 44.0. The first-order valence-electron chi connectivity index (χ1n) is 19.5. The first-order chi connectivity index (χ1) is 28.8. The summed E-state index contributed by atoms with van der Waals surface area (Å²) in [4.78, 5) is 101. The molecule has 1 saturated carbocycles. The maximum Gasteiger partial charge on any atom is 0.435 e. The minimum Gasteiger partial charge on any atom is -0.447 e. The average Bonchev–Trinajstić information content (AvgIpc) is 3.69. The van der Waals surface area contributed by atoms with E-state index in [2.05, 4.69) is 26.4 Å². The fourth-order valence-corrected chi connectivity index (χ4v) is 8.16. The molecule has 0 bridgehead atoms. The number of halogens is 3. The molecule has 18 nitrogen and oxygen atoms in total. The van der Waals surface area contributed by atoms with Gasteiger partial charge in [0.05, 0.1) is 45.9 Å². The second-order valence-corrected chi connectivity index (χ2v) is 16.0. The van der Waals surface area contributed by atoms with Gasteiger partial charge in [-0.2, -0.15) is 18.3 Å². The lowest BCUT2D eigenvalue weighted by Crippen LogP contribution is -2.54. The number of imide groups is 2. The Kier molecular flexibility index (Phi) is 11.3. The lowest BCUT2D eigenvalue weighted by atomic mass is 9.75. The van der Waals surface area contributed by atoms with Gasteiger partial charge in [-0.3, -0.25) is 44.3 Å². The highest BCUT2D eigenvalue weighted by Crippen LogP contribution is 2.42. The number of alkyl halides is 3. The van der Waals surface area contributed by atoms with E-state index in [0.29, 0.717) is 25.7 Å². The molecule has 2 fully saturated rings. The molecule has 3 heterocycles. The van der Waals surface area contributed by atoms with E-state index in [1.54, 1.807) is 13.8 Å². The van der Waals surface area contributed by atoms with E-state index in [0.717, 1.165) is 9.58 Å². The number of aromatic nitrogens is 2. The quantitative estimate of drug-likeness (QED) is 0.142. The standard InChI is InChI=1S/C40H41F3N8O10/c1-39(2)17-27-31(28(52)18-39)32(40(41,42)43)49-51(27)20-8-11-22(33(44)54)25(16-20)46-19-6-9-21(10-7-19)61-37(58)45-14-15-60-38(59)47-24-5-3-4-23-30(24)36(57)50(35(23)56)26-12-13-29(53)48-34(26)55/h3-5,8,11,16,19,21,26,46H,6-7,9-10,12-15,17-18H2,1-2H3,(H2,44,54)(H,45,58)(H,47,59)(H,48,53,55). The van der Waals surface area contributed by atoms with Crippen LogP contribution in [0.1, 0.15) is 112 Å². The number of anilines is 2. The van der Waals surface area contributed by atoms with Crippen molar-refractivity contribution in [2.75, 3.05) is 23.8 Å². The Morgan fingerprint density at radius 3 is 2.36 bits per heavy atom. The number of Topliss-reactive ketones (excluding diaryl/α,β-unsaturated/α-hetero) is 1. The second-order valence-electron chi connectivity index (χ2n) is 16.0. The molecule has 21 heteroatoms. The van der Waals surface area contributed by atoms with E-state index < -0.39 is 82.5 Å². The van der Waals surface area contributed by atoms with Crippen LogP contribution < -0.4 is 27.0 Å². The van der Waals surface area contributed by atoms with Crippen LogP contribution in [-0.2, 0) is 31.7 Å². The molecule has 0 radical (unpaired) electrons. The smallest absolute Gasteiger partial charge is 0.435 e. The summed E-state index contributed by atoms with van der Waals surface area (Å²) >= 11 is 0. The number of hydrogen-bond acceptors (Lipinski definition) is 12. The number of ether oxygens (including phenoxy) is 2. The number of amides is 7. The van der Waals surface area contributed by atoms with Gasteiger partial charge in [0, 0.05) is 24.6 Å². The van der Waals surface area contributed by atoms with Crippen molar-refractivity contribution >= 4 is 58.9 Å². The number of alkyl carbamates (subject to hydrolysis) is 1. The summed E-state index contributed by atoms with van der Waals surface area (Å²) < 4.78 is 53.9. The molecule has 7 rings (SSSR count). The number of fused-ring (bicyclic) bond motifs is 2. The maximum atomic E-state index is 14.0. The van der Waals surface area contributed by atoms with E-state index in [-0.39, 0.29) is 84.3 Å². The van der Waals surface area contributed by atoms with Crippen molar-refractivity contribution in [3.63, 3.8) is 0 Å². The van der Waals surface area contributed by atoms with Crippen LogP contribution >= 0.6 is 0 Å². The predicted octanol–water partition coefficient (Wildman–Crippen LogP) is 4.24. The highest BCUT2D eigenvalue weighted by Gasteiger charge is 2.47. The summed E-state index contributed by atoms with van der Waals surface area (Å²) in [7, 11) is 0. The number of benzene rings is 2. The molecule has 2 aliphatic heterocycles. The van der Waals surface area contributed by atoms with E-state index in [9.17, 15) is 51.5 Å². The van der Waals surface area contributed by atoms with Crippen molar-refractivity contribution in [2.24, 2.45) is 11.1 Å². The second kappa shape index (κ2) is 16.3. The molecule has 3 aromatic rings. The lowest BCUT2D eigenvalue weighted by molar-refractivity contribution is -0.141. The number of nitrogens with one attached hydrogen (secondary N) is 4. The lowest BCUT2D eigenvalue weighted by Gasteiger charge is -2.30. The zero-order valence-electron chi connectivity index (χ0n) is 32.9.